The van der Waals surface area contributed by atoms with E-state index in [4.69, 9.17) is 9.47 Å². The van der Waals surface area contributed by atoms with Crippen LogP contribution in [0.5, 0.6) is 11.5 Å². The maximum atomic E-state index is 12.3. The van der Waals surface area contributed by atoms with Crippen molar-refractivity contribution in [3.05, 3.63) is 18.2 Å². The van der Waals surface area contributed by atoms with E-state index >= 15 is 0 Å². The number of rotatable bonds is 7. The molecule has 3 amide bonds. The Balaban J connectivity index is 1.39. The molecule has 8 nitrogen and oxygen atoms in total. The number of imide groups is 1. The molecule has 2 atom stereocenters. The Hall–Kier alpha value is -2.48. The van der Waals surface area contributed by atoms with Crippen molar-refractivity contribution in [3.63, 3.8) is 0 Å². The van der Waals surface area contributed by atoms with Crippen molar-refractivity contribution in [1.29, 1.82) is 0 Å². The topological polar surface area (TPSA) is 91.9 Å². The Bertz CT molecular complexity index is 727. The highest BCUT2D eigenvalue weighted by atomic mass is 16.5. The summed E-state index contributed by atoms with van der Waals surface area (Å²) in [6.07, 6.45) is 6.30. The zero-order chi connectivity index (χ0) is 22.2. The molecule has 0 spiro atoms. The van der Waals surface area contributed by atoms with E-state index in [9.17, 15) is 9.59 Å². The average molecular weight is 433 g/mol. The summed E-state index contributed by atoms with van der Waals surface area (Å²) >= 11 is 0. The molecule has 1 saturated heterocycles. The van der Waals surface area contributed by atoms with Crippen LogP contribution in [0.4, 0.5) is 10.5 Å². The van der Waals surface area contributed by atoms with Crippen LogP contribution < -0.4 is 25.4 Å². The molecule has 2 fully saturated rings. The van der Waals surface area contributed by atoms with Crippen molar-refractivity contribution in [3.8, 4) is 11.5 Å². The molecule has 0 bridgehead atoms. The SMILES string of the molecule is COc1cc(NC2CCN(CC(=O)NC(=O)N[C@H]3CCCC[C@@H]3C)CC2)cc(OC)c1. The summed E-state index contributed by atoms with van der Waals surface area (Å²) in [4.78, 5) is 26.6. The van der Waals surface area contributed by atoms with Gasteiger partial charge in [-0.05, 0) is 31.6 Å². The van der Waals surface area contributed by atoms with Gasteiger partial charge in [-0.15, -0.1) is 0 Å². The molecule has 1 aromatic carbocycles. The third-order valence-electron chi connectivity index (χ3n) is 6.36. The van der Waals surface area contributed by atoms with Gasteiger partial charge in [-0.2, -0.15) is 0 Å². The number of hydrogen-bond donors (Lipinski definition) is 3. The molecule has 1 heterocycles. The molecule has 3 rings (SSSR count). The Morgan fingerprint density at radius 2 is 1.65 bits per heavy atom. The molecule has 1 aromatic rings. The Kier molecular flexibility index (Phi) is 8.40. The van der Waals surface area contributed by atoms with Crippen LogP contribution in [0, 0.1) is 5.92 Å². The number of hydrogen-bond acceptors (Lipinski definition) is 6. The van der Waals surface area contributed by atoms with Crippen LogP contribution in [-0.2, 0) is 4.79 Å². The minimum absolute atomic E-state index is 0.165. The number of amides is 3. The zero-order valence-corrected chi connectivity index (χ0v) is 18.9. The molecule has 1 aliphatic heterocycles. The number of ether oxygens (including phenoxy) is 2. The smallest absolute Gasteiger partial charge is 0.321 e. The number of benzene rings is 1. The summed E-state index contributed by atoms with van der Waals surface area (Å²) in [5, 5.41) is 9.00. The van der Waals surface area contributed by atoms with Gasteiger partial charge in [-0.1, -0.05) is 19.8 Å². The summed E-state index contributed by atoms with van der Waals surface area (Å²) in [5.41, 5.74) is 0.959. The quantitative estimate of drug-likeness (QED) is 0.614. The van der Waals surface area contributed by atoms with Gasteiger partial charge in [0, 0.05) is 49.1 Å². The van der Waals surface area contributed by atoms with Crippen molar-refractivity contribution in [2.24, 2.45) is 5.92 Å². The molecule has 0 radical (unpaired) electrons. The largest absolute Gasteiger partial charge is 0.497 e. The lowest BCUT2D eigenvalue weighted by molar-refractivity contribution is -0.121. The minimum atomic E-state index is -0.368. The summed E-state index contributed by atoms with van der Waals surface area (Å²) < 4.78 is 10.7. The summed E-state index contributed by atoms with van der Waals surface area (Å²) in [6.45, 7) is 4.00. The first-order chi connectivity index (χ1) is 15.0. The molecule has 2 aliphatic rings. The summed E-state index contributed by atoms with van der Waals surface area (Å²) in [5.74, 6) is 1.71. The van der Waals surface area contributed by atoms with Crippen LogP contribution in [0.15, 0.2) is 18.2 Å². The molecule has 8 heteroatoms. The number of carbonyl (C=O) groups is 2. The van der Waals surface area contributed by atoms with Gasteiger partial charge in [0.2, 0.25) is 5.91 Å². The predicted molar refractivity (Wildman–Crippen MR) is 121 cm³/mol. The first kappa shape index (κ1) is 23.2. The normalized spacial score (nSPS) is 22.4. The number of carbonyl (C=O) groups excluding carboxylic acids is 2. The molecule has 0 unspecified atom stereocenters. The fourth-order valence-electron chi connectivity index (χ4n) is 4.47. The second kappa shape index (κ2) is 11.2. The van der Waals surface area contributed by atoms with Crippen LogP contribution in [0.1, 0.15) is 45.4 Å². The van der Waals surface area contributed by atoms with E-state index in [1.807, 2.05) is 18.2 Å². The van der Waals surface area contributed by atoms with Crippen LogP contribution in [-0.4, -0.2) is 62.8 Å². The van der Waals surface area contributed by atoms with Crippen molar-refractivity contribution in [2.45, 2.75) is 57.5 Å². The van der Waals surface area contributed by atoms with Gasteiger partial charge >= 0.3 is 6.03 Å². The fraction of sp³-hybridized carbons (Fsp3) is 0.652. The molecule has 3 N–H and O–H groups in total. The minimum Gasteiger partial charge on any atom is -0.497 e. The highest BCUT2D eigenvalue weighted by molar-refractivity contribution is 5.95. The highest BCUT2D eigenvalue weighted by Crippen LogP contribution is 2.27. The molecule has 172 valence electrons. The monoisotopic (exact) mass is 432 g/mol. The van der Waals surface area contributed by atoms with Crippen molar-refractivity contribution in [1.82, 2.24) is 15.5 Å². The third-order valence-corrected chi connectivity index (χ3v) is 6.36. The number of urea groups is 1. The van der Waals surface area contributed by atoms with E-state index in [0.29, 0.717) is 12.0 Å². The Labute approximate surface area is 185 Å². The van der Waals surface area contributed by atoms with Crippen molar-refractivity contribution < 1.29 is 19.1 Å². The zero-order valence-electron chi connectivity index (χ0n) is 18.9. The lowest BCUT2D eigenvalue weighted by Gasteiger charge is -2.32. The van der Waals surface area contributed by atoms with Crippen LogP contribution in [0.3, 0.4) is 0 Å². The first-order valence-electron chi connectivity index (χ1n) is 11.3. The maximum absolute atomic E-state index is 12.3. The van der Waals surface area contributed by atoms with Crippen LogP contribution >= 0.6 is 0 Å². The van der Waals surface area contributed by atoms with Gasteiger partial charge in [0.05, 0.1) is 20.8 Å². The lowest BCUT2D eigenvalue weighted by atomic mass is 9.86. The van der Waals surface area contributed by atoms with Gasteiger partial charge in [0.15, 0.2) is 0 Å². The van der Waals surface area contributed by atoms with Crippen LogP contribution in [0.25, 0.3) is 0 Å². The number of likely N-dealkylation sites (tertiary alicyclic amines) is 1. The first-order valence-corrected chi connectivity index (χ1v) is 11.3. The maximum Gasteiger partial charge on any atom is 0.321 e. The number of piperidine rings is 1. The molecular weight excluding hydrogens is 396 g/mol. The number of nitrogens with one attached hydrogen (secondary N) is 3. The number of anilines is 1. The van der Waals surface area contributed by atoms with Gasteiger partial charge in [0.1, 0.15) is 11.5 Å². The Morgan fingerprint density at radius 1 is 1.00 bits per heavy atom. The van der Waals surface area contributed by atoms with Crippen LogP contribution in [0.2, 0.25) is 0 Å². The van der Waals surface area contributed by atoms with E-state index in [1.165, 1.54) is 6.42 Å². The fourth-order valence-corrected chi connectivity index (χ4v) is 4.47. The predicted octanol–water partition coefficient (Wildman–Crippen LogP) is 2.98. The molecule has 31 heavy (non-hydrogen) atoms. The number of nitrogens with zero attached hydrogens (tertiary/aromatic N) is 1. The average Bonchev–Trinajstić information content (AvgIpc) is 2.76. The standard InChI is InChI=1S/C23H36N4O4/c1-16-6-4-5-7-21(16)25-23(29)26-22(28)15-27-10-8-17(9-11-27)24-18-12-19(30-2)14-20(13-18)31-3/h12-14,16-17,21,24H,4-11,15H2,1-3H3,(H2,25,26,28,29)/t16-,21-/m0/s1. The van der Waals surface area contributed by atoms with Crippen molar-refractivity contribution >= 4 is 17.6 Å². The third kappa shape index (κ3) is 7.02. The van der Waals surface area contributed by atoms with E-state index in [-0.39, 0.29) is 24.5 Å². The molecule has 1 saturated carbocycles. The summed E-state index contributed by atoms with van der Waals surface area (Å²) in [6, 6.07) is 5.86. The second-order valence-corrected chi connectivity index (χ2v) is 8.69. The summed E-state index contributed by atoms with van der Waals surface area (Å²) in [7, 11) is 3.27. The van der Waals surface area contributed by atoms with Gasteiger partial charge in [-0.3, -0.25) is 15.0 Å². The molecule has 1 aliphatic carbocycles. The van der Waals surface area contributed by atoms with E-state index in [1.54, 1.807) is 14.2 Å². The Morgan fingerprint density at radius 3 is 2.26 bits per heavy atom. The number of methoxy groups -OCH3 is 2. The molecular formula is C23H36N4O4. The van der Waals surface area contributed by atoms with E-state index in [2.05, 4.69) is 27.8 Å². The van der Waals surface area contributed by atoms with E-state index in [0.717, 1.165) is 62.4 Å². The lowest BCUT2D eigenvalue weighted by Crippen LogP contribution is -2.51. The van der Waals surface area contributed by atoms with Crippen molar-refractivity contribution in [2.75, 3.05) is 39.2 Å². The highest BCUT2D eigenvalue weighted by Gasteiger charge is 2.25. The van der Waals surface area contributed by atoms with Gasteiger partial charge < -0.3 is 20.1 Å². The van der Waals surface area contributed by atoms with E-state index < -0.39 is 0 Å². The van der Waals surface area contributed by atoms with Gasteiger partial charge in [-0.25, -0.2) is 4.79 Å². The molecule has 0 aromatic heterocycles. The van der Waals surface area contributed by atoms with Gasteiger partial charge in [0.25, 0.3) is 0 Å². The second-order valence-electron chi connectivity index (χ2n) is 8.69.